The van der Waals surface area contributed by atoms with Gasteiger partial charge in [0, 0.05) is 38.2 Å². The molecule has 0 radical (unpaired) electrons. The van der Waals surface area contributed by atoms with Gasteiger partial charge in [-0.25, -0.2) is 9.48 Å². The summed E-state index contributed by atoms with van der Waals surface area (Å²) in [7, 11) is 0. The van der Waals surface area contributed by atoms with Crippen LogP contribution in [0.15, 0.2) is 36.4 Å². The van der Waals surface area contributed by atoms with Crippen molar-refractivity contribution in [3.05, 3.63) is 42.1 Å². The molecule has 2 aliphatic heterocycles. The average Bonchev–Trinajstić information content (AvgIpc) is 3.77. The highest BCUT2D eigenvalue weighted by Crippen LogP contribution is 2.24. The van der Waals surface area contributed by atoms with Gasteiger partial charge in [-0.05, 0) is 51.2 Å². The number of benzene rings is 1. The Hall–Kier alpha value is -4.74. The number of para-hydroxylation sites is 1. The molecular formula is C33H45N7O10. The maximum atomic E-state index is 13.6. The summed E-state index contributed by atoms with van der Waals surface area (Å²) in [4.78, 5) is 73.0. The fraction of sp³-hybridized carbons (Fsp3) is 0.576. The normalized spacial score (nSPS) is 19.2. The Morgan fingerprint density at radius 1 is 1.00 bits per heavy atom. The highest BCUT2D eigenvalue weighted by atomic mass is 16.8. The third-order valence-electron chi connectivity index (χ3n) is 8.92. The molecule has 5 rings (SSSR count). The molecule has 4 amide bonds. The molecule has 1 aromatic heterocycles. The largest absolute Gasteiger partial charge is 0.527 e. The van der Waals surface area contributed by atoms with Crippen molar-refractivity contribution in [1.29, 1.82) is 0 Å². The Morgan fingerprint density at radius 3 is 2.40 bits per heavy atom. The molecule has 1 aliphatic carbocycles. The lowest BCUT2D eigenvalue weighted by Crippen LogP contribution is -2.56. The summed E-state index contributed by atoms with van der Waals surface area (Å²) in [5, 5.41) is 31.1. The molecule has 17 heteroatoms. The van der Waals surface area contributed by atoms with Crippen LogP contribution in [0.25, 0.3) is 5.69 Å². The number of aliphatic hydroxyl groups excluding tert-OH is 2. The van der Waals surface area contributed by atoms with Crippen LogP contribution in [0, 0.1) is 0 Å². The molecule has 1 saturated carbocycles. The number of piperazine rings is 1. The van der Waals surface area contributed by atoms with Crippen molar-refractivity contribution < 1.29 is 48.5 Å². The van der Waals surface area contributed by atoms with Crippen molar-refractivity contribution in [3.63, 3.8) is 0 Å². The summed E-state index contributed by atoms with van der Waals surface area (Å²) >= 11 is 0. The standard InChI is InChI=1S/C33H45N7O10/c1-2-48-33(47)50-38-16-14-37(15-17-38)32(46)26(18-24(42)20-41)35-30(44)25-19-29(40(36-25)23-10-4-3-5-11-23)49-21-28(43)39-13-7-12-27(39)31(45)34-22-8-6-9-22/h3-5,10-11,19,22,24,26-27,41-42H,2,6-9,12-18,20-21H2,1H3,(H,34,45)(H,35,44)/t24-,26?,27-/m0/s1. The van der Waals surface area contributed by atoms with E-state index in [0.717, 1.165) is 19.3 Å². The first-order chi connectivity index (χ1) is 24.2. The van der Waals surface area contributed by atoms with Crippen molar-refractivity contribution in [2.75, 3.05) is 52.5 Å². The van der Waals surface area contributed by atoms with E-state index in [1.165, 1.54) is 25.6 Å². The van der Waals surface area contributed by atoms with Crippen molar-refractivity contribution >= 4 is 29.8 Å². The van der Waals surface area contributed by atoms with Crippen LogP contribution in [0.2, 0.25) is 0 Å². The molecule has 3 heterocycles. The molecule has 1 aromatic carbocycles. The van der Waals surface area contributed by atoms with E-state index >= 15 is 0 Å². The molecule has 3 aliphatic rings. The second kappa shape index (κ2) is 17.3. The molecule has 17 nitrogen and oxygen atoms in total. The number of ether oxygens (including phenoxy) is 2. The molecule has 3 fully saturated rings. The summed E-state index contributed by atoms with van der Waals surface area (Å²) in [5.74, 6) is -1.71. The van der Waals surface area contributed by atoms with Gasteiger partial charge in [0.1, 0.15) is 12.1 Å². The van der Waals surface area contributed by atoms with E-state index in [4.69, 9.17) is 14.3 Å². The Kier molecular flexibility index (Phi) is 12.6. The van der Waals surface area contributed by atoms with Crippen LogP contribution >= 0.6 is 0 Å². The molecule has 50 heavy (non-hydrogen) atoms. The molecule has 0 spiro atoms. The Labute approximate surface area is 289 Å². The van der Waals surface area contributed by atoms with E-state index in [9.17, 15) is 34.2 Å². The number of hydrogen-bond acceptors (Lipinski definition) is 12. The maximum Gasteiger partial charge on any atom is 0.527 e. The molecule has 2 saturated heterocycles. The highest BCUT2D eigenvalue weighted by Gasteiger charge is 2.36. The predicted octanol–water partition coefficient (Wildman–Crippen LogP) is -0.0152. The van der Waals surface area contributed by atoms with E-state index < -0.39 is 49.4 Å². The van der Waals surface area contributed by atoms with E-state index in [2.05, 4.69) is 15.7 Å². The molecule has 272 valence electrons. The second-order valence-corrected chi connectivity index (χ2v) is 12.4. The second-order valence-electron chi connectivity index (χ2n) is 12.4. The Balaban J connectivity index is 1.26. The minimum atomic E-state index is -1.30. The van der Waals surface area contributed by atoms with Crippen molar-refractivity contribution in [3.8, 4) is 11.6 Å². The number of rotatable bonds is 14. The number of hydrogen-bond donors (Lipinski definition) is 4. The molecule has 2 aromatic rings. The summed E-state index contributed by atoms with van der Waals surface area (Å²) < 4.78 is 12.1. The summed E-state index contributed by atoms with van der Waals surface area (Å²) in [6.07, 6.45) is 1.81. The van der Waals surface area contributed by atoms with Gasteiger partial charge in [-0.1, -0.05) is 18.2 Å². The van der Waals surface area contributed by atoms with Gasteiger partial charge in [0.05, 0.1) is 38.1 Å². The predicted molar refractivity (Wildman–Crippen MR) is 175 cm³/mol. The molecule has 0 bridgehead atoms. The maximum absolute atomic E-state index is 13.6. The number of nitrogens with zero attached hydrogens (tertiary/aromatic N) is 5. The quantitative estimate of drug-likeness (QED) is 0.192. The van der Waals surface area contributed by atoms with Gasteiger partial charge in [0.25, 0.3) is 11.8 Å². The highest BCUT2D eigenvalue weighted by molar-refractivity contribution is 5.96. The van der Waals surface area contributed by atoms with Crippen LogP contribution in [-0.2, 0) is 24.0 Å². The Morgan fingerprint density at radius 2 is 1.74 bits per heavy atom. The van der Waals surface area contributed by atoms with Crippen molar-refractivity contribution in [2.45, 2.75) is 69.7 Å². The number of aromatic nitrogens is 2. The minimum absolute atomic E-state index is 0.0837. The van der Waals surface area contributed by atoms with Crippen molar-refractivity contribution in [2.24, 2.45) is 0 Å². The summed E-state index contributed by atoms with van der Waals surface area (Å²) in [5.41, 5.74) is 0.415. The summed E-state index contributed by atoms with van der Waals surface area (Å²) in [6.45, 7) is 1.91. The lowest BCUT2D eigenvalue weighted by atomic mass is 9.93. The van der Waals surface area contributed by atoms with Gasteiger partial charge in [-0.3, -0.25) is 19.2 Å². The molecule has 1 unspecified atom stereocenters. The van der Waals surface area contributed by atoms with Gasteiger partial charge < -0.3 is 45.0 Å². The number of carbonyl (C=O) groups is 5. The fourth-order valence-electron chi connectivity index (χ4n) is 6.01. The van der Waals surface area contributed by atoms with E-state index in [1.54, 1.807) is 37.3 Å². The third-order valence-corrected chi connectivity index (χ3v) is 8.92. The fourth-order valence-corrected chi connectivity index (χ4v) is 6.01. The van der Waals surface area contributed by atoms with Crippen molar-refractivity contribution in [1.82, 2.24) is 35.3 Å². The number of carbonyl (C=O) groups excluding carboxylic acids is 5. The first kappa shape index (κ1) is 36.5. The molecular weight excluding hydrogens is 654 g/mol. The van der Waals surface area contributed by atoms with Crippen LogP contribution in [0.5, 0.6) is 5.88 Å². The van der Waals surface area contributed by atoms with Gasteiger partial charge in [-0.15, -0.1) is 5.06 Å². The zero-order valence-corrected chi connectivity index (χ0v) is 28.1. The zero-order valence-electron chi connectivity index (χ0n) is 28.1. The number of amides is 4. The van der Waals surface area contributed by atoms with Gasteiger partial charge >= 0.3 is 6.16 Å². The third kappa shape index (κ3) is 9.28. The lowest BCUT2D eigenvalue weighted by Gasteiger charge is -2.35. The van der Waals surface area contributed by atoms with Gasteiger partial charge in [-0.2, -0.15) is 5.10 Å². The zero-order chi connectivity index (χ0) is 35.6. The number of nitrogens with one attached hydrogen (secondary N) is 2. The van der Waals surface area contributed by atoms with Gasteiger partial charge in [0.2, 0.25) is 17.7 Å². The van der Waals surface area contributed by atoms with E-state index in [-0.39, 0.29) is 68.6 Å². The van der Waals surface area contributed by atoms with E-state index in [0.29, 0.717) is 25.1 Å². The molecule has 3 atom stereocenters. The van der Waals surface area contributed by atoms with Crippen LogP contribution in [0.4, 0.5) is 4.79 Å². The Bertz CT molecular complexity index is 1490. The first-order valence-electron chi connectivity index (χ1n) is 17.0. The first-order valence-corrected chi connectivity index (χ1v) is 17.0. The SMILES string of the molecule is CCOC(=O)ON1CCN(C(=O)C(C[C@H](O)CO)NC(=O)c2cc(OCC(=O)N3CCC[C@H]3C(=O)NC3CCC3)n(-c3ccccc3)n2)CC1. The van der Waals surface area contributed by atoms with Gasteiger partial charge in [0.15, 0.2) is 12.3 Å². The van der Waals surface area contributed by atoms with Crippen LogP contribution in [0.3, 0.4) is 0 Å². The minimum Gasteiger partial charge on any atom is -0.467 e. The summed E-state index contributed by atoms with van der Waals surface area (Å²) in [6, 6.07) is 8.52. The average molecular weight is 700 g/mol. The van der Waals surface area contributed by atoms with E-state index in [1.807, 2.05) is 0 Å². The van der Waals surface area contributed by atoms with Crippen LogP contribution in [-0.4, -0.2) is 141 Å². The lowest BCUT2D eigenvalue weighted by molar-refractivity contribution is -0.158. The van der Waals surface area contributed by atoms with Crippen LogP contribution in [0.1, 0.15) is 55.9 Å². The van der Waals surface area contributed by atoms with Crippen LogP contribution < -0.4 is 15.4 Å². The molecule has 4 N–H and O–H groups in total. The number of hydroxylamine groups is 2. The number of likely N-dealkylation sites (tertiary alicyclic amines) is 1. The monoisotopic (exact) mass is 699 g/mol. The number of aliphatic hydroxyl groups is 2. The topological polar surface area (TPSA) is 205 Å². The smallest absolute Gasteiger partial charge is 0.467 e.